The summed E-state index contributed by atoms with van der Waals surface area (Å²) in [5, 5.41) is 0. The van der Waals surface area contributed by atoms with Crippen LogP contribution in [0, 0.1) is 0 Å². The monoisotopic (exact) mass is 223 g/mol. The van der Waals surface area contributed by atoms with Gasteiger partial charge in [0.15, 0.2) is 0 Å². The van der Waals surface area contributed by atoms with Crippen molar-refractivity contribution in [3.8, 4) is 0 Å². The minimum absolute atomic E-state index is 0.205. The zero-order chi connectivity index (χ0) is 11.2. The van der Waals surface area contributed by atoms with Crippen LogP contribution in [-0.2, 0) is 4.79 Å². The van der Waals surface area contributed by atoms with Gasteiger partial charge in [0.25, 0.3) is 0 Å². The van der Waals surface area contributed by atoms with E-state index >= 15 is 0 Å². The predicted molar refractivity (Wildman–Crippen MR) is 58.7 cm³/mol. The van der Waals surface area contributed by atoms with Crippen molar-refractivity contribution >= 4 is 5.97 Å². The van der Waals surface area contributed by atoms with Gasteiger partial charge in [-0.2, -0.15) is 4.73 Å². The number of carbonyl (C=O) groups is 1. The Morgan fingerprint density at radius 2 is 2.12 bits per heavy atom. The van der Waals surface area contributed by atoms with Crippen molar-refractivity contribution in [1.82, 2.24) is 14.6 Å². The molecule has 0 unspecified atom stereocenters. The van der Waals surface area contributed by atoms with E-state index in [1.807, 2.05) is 0 Å². The maximum absolute atomic E-state index is 11.5. The van der Waals surface area contributed by atoms with Crippen molar-refractivity contribution in [1.29, 1.82) is 0 Å². The Kier molecular flexibility index (Phi) is 3.93. The molecule has 0 spiro atoms. The molecule has 0 bridgehead atoms. The second-order valence-electron chi connectivity index (χ2n) is 4.04. The van der Waals surface area contributed by atoms with Crippen molar-refractivity contribution in [3.05, 3.63) is 18.7 Å². The second-order valence-corrected chi connectivity index (χ2v) is 4.04. The highest BCUT2D eigenvalue weighted by atomic mass is 16.7. The van der Waals surface area contributed by atoms with Crippen LogP contribution in [0.25, 0.3) is 0 Å². The SMILES string of the molecule is O=C(CCN1CCCCC1)On1ccnc1. The van der Waals surface area contributed by atoms with E-state index in [9.17, 15) is 4.79 Å². The fraction of sp³-hybridized carbons (Fsp3) is 0.636. The maximum Gasteiger partial charge on any atom is 0.334 e. The minimum atomic E-state index is -0.205. The first kappa shape index (κ1) is 11.1. The molecule has 5 heteroatoms. The van der Waals surface area contributed by atoms with Gasteiger partial charge in [0.1, 0.15) is 6.33 Å². The van der Waals surface area contributed by atoms with E-state index in [4.69, 9.17) is 4.84 Å². The van der Waals surface area contributed by atoms with Gasteiger partial charge < -0.3 is 9.74 Å². The van der Waals surface area contributed by atoms with E-state index < -0.39 is 0 Å². The fourth-order valence-electron chi connectivity index (χ4n) is 1.90. The summed E-state index contributed by atoms with van der Waals surface area (Å²) in [7, 11) is 0. The molecule has 5 nitrogen and oxygen atoms in total. The molecule has 0 atom stereocenters. The zero-order valence-corrected chi connectivity index (χ0v) is 9.34. The molecule has 0 radical (unpaired) electrons. The van der Waals surface area contributed by atoms with Gasteiger partial charge in [-0.3, -0.25) is 0 Å². The molecule has 1 aliphatic rings. The van der Waals surface area contributed by atoms with Gasteiger partial charge in [0.2, 0.25) is 0 Å². The molecule has 0 amide bonds. The highest BCUT2D eigenvalue weighted by Gasteiger charge is 2.12. The highest BCUT2D eigenvalue weighted by Crippen LogP contribution is 2.08. The number of imidazole rings is 1. The lowest BCUT2D eigenvalue weighted by Gasteiger charge is -2.25. The smallest absolute Gasteiger partial charge is 0.334 e. The molecule has 1 fully saturated rings. The first-order valence-corrected chi connectivity index (χ1v) is 5.76. The summed E-state index contributed by atoms with van der Waals surface area (Å²) in [6, 6.07) is 0. The van der Waals surface area contributed by atoms with Crippen LogP contribution in [-0.4, -0.2) is 40.2 Å². The Balaban J connectivity index is 1.67. The van der Waals surface area contributed by atoms with Crippen LogP contribution in [0.4, 0.5) is 0 Å². The molecule has 1 aromatic heterocycles. The van der Waals surface area contributed by atoms with Gasteiger partial charge in [0, 0.05) is 12.7 Å². The van der Waals surface area contributed by atoms with E-state index in [0.29, 0.717) is 6.42 Å². The number of aromatic nitrogens is 2. The fourth-order valence-corrected chi connectivity index (χ4v) is 1.90. The average molecular weight is 223 g/mol. The largest absolute Gasteiger partial charge is 0.336 e. The summed E-state index contributed by atoms with van der Waals surface area (Å²) >= 11 is 0. The van der Waals surface area contributed by atoms with Crippen LogP contribution < -0.4 is 4.84 Å². The molecule has 88 valence electrons. The number of likely N-dealkylation sites (tertiary alicyclic amines) is 1. The molecular weight excluding hydrogens is 206 g/mol. The van der Waals surface area contributed by atoms with Crippen LogP contribution >= 0.6 is 0 Å². The summed E-state index contributed by atoms with van der Waals surface area (Å²) < 4.78 is 1.33. The molecule has 2 heterocycles. The Hall–Kier alpha value is -1.36. The van der Waals surface area contributed by atoms with Gasteiger partial charge in [0.05, 0.1) is 12.6 Å². The molecule has 1 aliphatic heterocycles. The van der Waals surface area contributed by atoms with Crippen LogP contribution in [0.1, 0.15) is 25.7 Å². The lowest BCUT2D eigenvalue weighted by atomic mass is 10.1. The average Bonchev–Trinajstić information content (AvgIpc) is 2.81. The standard InChI is InChI=1S/C11H17N3O2/c15-11(16-14-9-5-12-10-14)4-8-13-6-2-1-3-7-13/h5,9-10H,1-4,6-8H2. The Morgan fingerprint density at radius 1 is 1.31 bits per heavy atom. The number of piperidine rings is 1. The number of hydrogen-bond donors (Lipinski definition) is 0. The molecule has 0 N–H and O–H groups in total. The minimum Gasteiger partial charge on any atom is -0.336 e. The summed E-state index contributed by atoms with van der Waals surface area (Å²) in [5.41, 5.74) is 0. The van der Waals surface area contributed by atoms with Crippen LogP contribution in [0.2, 0.25) is 0 Å². The van der Waals surface area contributed by atoms with Gasteiger partial charge in [-0.05, 0) is 25.9 Å². The molecular formula is C11H17N3O2. The predicted octanol–water partition coefficient (Wildman–Crippen LogP) is 0.714. The molecule has 0 aliphatic carbocycles. The Bertz CT molecular complexity index is 318. The lowest BCUT2D eigenvalue weighted by molar-refractivity contribution is -0.144. The number of hydrogen-bond acceptors (Lipinski definition) is 4. The lowest BCUT2D eigenvalue weighted by Crippen LogP contribution is -2.33. The molecule has 0 saturated carbocycles. The maximum atomic E-state index is 11.5. The van der Waals surface area contributed by atoms with Crippen LogP contribution in [0.5, 0.6) is 0 Å². The summed E-state index contributed by atoms with van der Waals surface area (Å²) in [6.07, 6.45) is 8.91. The first-order valence-electron chi connectivity index (χ1n) is 5.76. The van der Waals surface area contributed by atoms with Gasteiger partial charge in [-0.15, -0.1) is 0 Å². The Labute approximate surface area is 95.0 Å². The molecule has 1 aromatic rings. The van der Waals surface area contributed by atoms with Crippen molar-refractivity contribution in [2.24, 2.45) is 0 Å². The topological polar surface area (TPSA) is 47.4 Å². The van der Waals surface area contributed by atoms with Crippen LogP contribution in [0.3, 0.4) is 0 Å². The molecule has 2 rings (SSSR count). The second kappa shape index (κ2) is 5.65. The van der Waals surface area contributed by atoms with E-state index in [1.54, 1.807) is 12.4 Å². The summed E-state index contributed by atoms with van der Waals surface area (Å²) in [4.78, 5) is 22.6. The molecule has 0 aromatic carbocycles. The first-order chi connectivity index (χ1) is 7.84. The van der Waals surface area contributed by atoms with E-state index in [2.05, 4.69) is 9.88 Å². The van der Waals surface area contributed by atoms with E-state index in [-0.39, 0.29) is 5.97 Å². The van der Waals surface area contributed by atoms with Crippen molar-refractivity contribution in [3.63, 3.8) is 0 Å². The molecule has 1 saturated heterocycles. The van der Waals surface area contributed by atoms with Crippen molar-refractivity contribution in [2.75, 3.05) is 19.6 Å². The van der Waals surface area contributed by atoms with Crippen LogP contribution in [0.15, 0.2) is 18.7 Å². The highest BCUT2D eigenvalue weighted by molar-refractivity contribution is 5.69. The van der Waals surface area contributed by atoms with Gasteiger partial charge >= 0.3 is 5.97 Å². The van der Waals surface area contributed by atoms with E-state index in [0.717, 1.165) is 19.6 Å². The van der Waals surface area contributed by atoms with Crippen molar-refractivity contribution in [2.45, 2.75) is 25.7 Å². The Morgan fingerprint density at radius 3 is 2.81 bits per heavy atom. The number of carbonyl (C=O) groups excluding carboxylic acids is 1. The third-order valence-electron chi connectivity index (χ3n) is 2.77. The van der Waals surface area contributed by atoms with E-state index in [1.165, 1.54) is 30.3 Å². The summed E-state index contributed by atoms with van der Waals surface area (Å²) in [5.74, 6) is -0.205. The molecule has 16 heavy (non-hydrogen) atoms. The van der Waals surface area contributed by atoms with Gasteiger partial charge in [-0.25, -0.2) is 9.78 Å². The normalized spacial score (nSPS) is 17.2. The quantitative estimate of drug-likeness (QED) is 0.754. The van der Waals surface area contributed by atoms with Crippen molar-refractivity contribution < 1.29 is 9.63 Å². The van der Waals surface area contributed by atoms with Gasteiger partial charge in [-0.1, -0.05) is 6.42 Å². The zero-order valence-electron chi connectivity index (χ0n) is 9.34. The third kappa shape index (κ3) is 3.34. The number of rotatable bonds is 4. The summed E-state index contributed by atoms with van der Waals surface area (Å²) in [6.45, 7) is 3.02. The third-order valence-corrected chi connectivity index (χ3v) is 2.77. The number of nitrogens with zero attached hydrogens (tertiary/aromatic N) is 3.